The monoisotopic (exact) mass is 261 g/mol. The second-order valence-corrected chi connectivity index (χ2v) is 4.68. The fourth-order valence-corrected chi connectivity index (χ4v) is 2.12. The molecule has 0 aromatic carbocycles. The summed E-state index contributed by atoms with van der Waals surface area (Å²) in [7, 11) is 0. The van der Waals surface area contributed by atoms with Gasteiger partial charge in [0.05, 0.1) is 10.6 Å². The molecule has 4 nitrogen and oxygen atoms in total. The van der Waals surface area contributed by atoms with Crippen LogP contribution in [-0.2, 0) is 6.54 Å². The molecule has 2 aromatic rings. The molecule has 94 valence electrons. The first kappa shape index (κ1) is 12.7. The van der Waals surface area contributed by atoms with Crippen LogP contribution in [0, 0.1) is 0 Å². The molecule has 2 N–H and O–H groups in total. The van der Waals surface area contributed by atoms with Crippen molar-refractivity contribution in [2.24, 2.45) is 0 Å². The normalized spacial score (nSPS) is 10.2. The maximum Gasteiger partial charge on any atom is 0.261 e. The molecular formula is C13H15N3OS. The van der Waals surface area contributed by atoms with E-state index in [0.717, 1.165) is 23.7 Å². The zero-order valence-corrected chi connectivity index (χ0v) is 10.7. The molecule has 2 rings (SSSR count). The lowest BCUT2D eigenvalue weighted by Gasteiger charge is -2.05. The Bertz CT molecular complexity index is 470. The summed E-state index contributed by atoms with van der Waals surface area (Å²) in [5.74, 6) is -0.00960. The van der Waals surface area contributed by atoms with Crippen molar-refractivity contribution >= 4 is 17.2 Å². The minimum atomic E-state index is -0.00960. The zero-order chi connectivity index (χ0) is 12.6. The minimum absolute atomic E-state index is 0.00960. The van der Waals surface area contributed by atoms with Gasteiger partial charge in [0, 0.05) is 25.8 Å². The number of hydrogen-bond donors (Lipinski definition) is 2. The number of nitrogens with zero attached hydrogens (tertiary/aromatic N) is 1. The Morgan fingerprint density at radius 2 is 2.17 bits per heavy atom. The molecule has 0 aliphatic rings. The van der Waals surface area contributed by atoms with Crippen molar-refractivity contribution in [1.82, 2.24) is 15.6 Å². The maximum absolute atomic E-state index is 11.6. The van der Waals surface area contributed by atoms with E-state index in [0.29, 0.717) is 6.54 Å². The van der Waals surface area contributed by atoms with Crippen LogP contribution in [0.1, 0.15) is 15.4 Å². The molecule has 0 atom stereocenters. The van der Waals surface area contributed by atoms with Gasteiger partial charge < -0.3 is 10.6 Å². The molecule has 2 heterocycles. The fourth-order valence-electron chi connectivity index (χ4n) is 1.48. The van der Waals surface area contributed by atoms with E-state index >= 15 is 0 Å². The number of carbonyl (C=O) groups excluding carboxylic acids is 1. The van der Waals surface area contributed by atoms with Gasteiger partial charge in [-0.05, 0) is 23.6 Å². The van der Waals surface area contributed by atoms with Gasteiger partial charge in [0.2, 0.25) is 0 Å². The maximum atomic E-state index is 11.6. The second kappa shape index (κ2) is 6.88. The molecule has 0 saturated carbocycles. The topological polar surface area (TPSA) is 54.0 Å². The summed E-state index contributed by atoms with van der Waals surface area (Å²) in [6.45, 7) is 2.06. The second-order valence-electron chi connectivity index (χ2n) is 3.73. The third kappa shape index (κ3) is 3.94. The Morgan fingerprint density at radius 1 is 1.22 bits per heavy atom. The van der Waals surface area contributed by atoms with E-state index in [1.807, 2.05) is 35.7 Å². The molecule has 0 saturated heterocycles. The highest BCUT2D eigenvalue weighted by molar-refractivity contribution is 7.12. The van der Waals surface area contributed by atoms with Crippen LogP contribution in [0.15, 0.2) is 41.9 Å². The van der Waals surface area contributed by atoms with Crippen molar-refractivity contribution < 1.29 is 4.79 Å². The van der Waals surface area contributed by atoms with E-state index in [2.05, 4.69) is 15.6 Å². The van der Waals surface area contributed by atoms with E-state index in [1.165, 1.54) is 11.3 Å². The average Bonchev–Trinajstić information content (AvgIpc) is 2.93. The van der Waals surface area contributed by atoms with Crippen LogP contribution < -0.4 is 10.6 Å². The first-order valence-corrected chi connectivity index (χ1v) is 6.66. The minimum Gasteiger partial charge on any atom is -0.350 e. The van der Waals surface area contributed by atoms with Gasteiger partial charge in [-0.1, -0.05) is 12.1 Å². The molecule has 1 amide bonds. The van der Waals surface area contributed by atoms with Crippen LogP contribution in [0.3, 0.4) is 0 Å². The van der Waals surface area contributed by atoms with Gasteiger partial charge in [0.1, 0.15) is 0 Å². The SMILES string of the molecule is O=C(NCCNCc1ccccn1)c1cccs1. The number of amides is 1. The van der Waals surface area contributed by atoms with Gasteiger partial charge >= 0.3 is 0 Å². The van der Waals surface area contributed by atoms with E-state index in [4.69, 9.17) is 0 Å². The molecule has 2 aromatic heterocycles. The lowest BCUT2D eigenvalue weighted by atomic mass is 10.3. The number of aromatic nitrogens is 1. The van der Waals surface area contributed by atoms with E-state index in [1.54, 1.807) is 6.20 Å². The summed E-state index contributed by atoms with van der Waals surface area (Å²) < 4.78 is 0. The van der Waals surface area contributed by atoms with Crippen LogP contribution >= 0.6 is 11.3 Å². The highest BCUT2D eigenvalue weighted by atomic mass is 32.1. The average molecular weight is 261 g/mol. The molecule has 0 radical (unpaired) electrons. The lowest BCUT2D eigenvalue weighted by molar-refractivity contribution is 0.0958. The smallest absolute Gasteiger partial charge is 0.261 e. The van der Waals surface area contributed by atoms with Gasteiger partial charge in [0.15, 0.2) is 0 Å². The molecule has 0 aliphatic carbocycles. The molecule has 0 aliphatic heterocycles. The Labute approximate surface area is 110 Å². The number of hydrogen-bond acceptors (Lipinski definition) is 4. The quantitative estimate of drug-likeness (QED) is 0.778. The first-order valence-electron chi connectivity index (χ1n) is 5.78. The Kier molecular flexibility index (Phi) is 4.87. The van der Waals surface area contributed by atoms with Gasteiger partial charge in [-0.15, -0.1) is 11.3 Å². The molecule has 0 bridgehead atoms. The van der Waals surface area contributed by atoms with Gasteiger partial charge in [-0.3, -0.25) is 9.78 Å². The standard InChI is InChI=1S/C13H15N3OS/c17-13(12-5-3-9-18-12)16-8-7-14-10-11-4-1-2-6-15-11/h1-6,9,14H,7-8,10H2,(H,16,17). The van der Waals surface area contributed by atoms with Crippen LogP contribution in [-0.4, -0.2) is 24.0 Å². The summed E-state index contributed by atoms with van der Waals surface area (Å²) in [6.07, 6.45) is 1.77. The summed E-state index contributed by atoms with van der Waals surface area (Å²) in [4.78, 5) is 16.6. The van der Waals surface area contributed by atoms with Gasteiger partial charge in [-0.25, -0.2) is 0 Å². The largest absolute Gasteiger partial charge is 0.350 e. The molecule has 18 heavy (non-hydrogen) atoms. The lowest BCUT2D eigenvalue weighted by Crippen LogP contribution is -2.31. The van der Waals surface area contributed by atoms with E-state index in [9.17, 15) is 4.79 Å². The number of pyridine rings is 1. The summed E-state index contributed by atoms with van der Waals surface area (Å²) >= 11 is 1.45. The van der Waals surface area contributed by atoms with Crippen molar-refractivity contribution in [3.8, 4) is 0 Å². The van der Waals surface area contributed by atoms with Crippen LogP contribution in [0.25, 0.3) is 0 Å². The predicted octanol–water partition coefficient (Wildman–Crippen LogP) is 1.66. The predicted molar refractivity (Wildman–Crippen MR) is 72.6 cm³/mol. The number of nitrogens with one attached hydrogen (secondary N) is 2. The molecule has 5 heteroatoms. The van der Waals surface area contributed by atoms with Crippen molar-refractivity contribution in [2.45, 2.75) is 6.54 Å². The number of thiophene rings is 1. The van der Waals surface area contributed by atoms with Crippen molar-refractivity contribution in [3.05, 3.63) is 52.5 Å². The van der Waals surface area contributed by atoms with E-state index in [-0.39, 0.29) is 5.91 Å². The first-order chi connectivity index (χ1) is 8.86. The molecule has 0 unspecified atom stereocenters. The number of carbonyl (C=O) groups is 1. The fraction of sp³-hybridized carbons (Fsp3) is 0.231. The van der Waals surface area contributed by atoms with Gasteiger partial charge in [-0.2, -0.15) is 0 Å². The van der Waals surface area contributed by atoms with E-state index < -0.39 is 0 Å². The summed E-state index contributed by atoms with van der Waals surface area (Å²) in [6, 6.07) is 9.52. The van der Waals surface area contributed by atoms with Crippen LogP contribution in [0.5, 0.6) is 0 Å². The Hall–Kier alpha value is -1.72. The summed E-state index contributed by atoms with van der Waals surface area (Å²) in [5.41, 5.74) is 1.00. The Balaban J connectivity index is 1.61. The highest BCUT2D eigenvalue weighted by Crippen LogP contribution is 2.07. The molecule has 0 spiro atoms. The van der Waals surface area contributed by atoms with Crippen LogP contribution in [0.2, 0.25) is 0 Å². The Morgan fingerprint density at radius 3 is 2.89 bits per heavy atom. The molecular weight excluding hydrogens is 246 g/mol. The van der Waals surface area contributed by atoms with Crippen LogP contribution in [0.4, 0.5) is 0 Å². The highest BCUT2D eigenvalue weighted by Gasteiger charge is 2.04. The summed E-state index contributed by atoms with van der Waals surface area (Å²) in [5, 5.41) is 7.99. The number of rotatable bonds is 6. The molecule has 0 fully saturated rings. The van der Waals surface area contributed by atoms with Gasteiger partial charge in [0.25, 0.3) is 5.91 Å². The van der Waals surface area contributed by atoms with Crippen molar-refractivity contribution in [1.29, 1.82) is 0 Å². The zero-order valence-electron chi connectivity index (χ0n) is 9.93. The van der Waals surface area contributed by atoms with Crippen molar-refractivity contribution in [3.63, 3.8) is 0 Å². The van der Waals surface area contributed by atoms with Crippen molar-refractivity contribution in [2.75, 3.05) is 13.1 Å². The third-order valence-corrected chi connectivity index (χ3v) is 3.23. The third-order valence-electron chi connectivity index (χ3n) is 2.36.